The molecule has 0 saturated carbocycles. The van der Waals surface area contributed by atoms with E-state index in [9.17, 15) is 13.6 Å². The van der Waals surface area contributed by atoms with E-state index in [0.717, 1.165) is 6.07 Å². The van der Waals surface area contributed by atoms with Gasteiger partial charge < -0.3 is 5.11 Å². The van der Waals surface area contributed by atoms with Crippen molar-refractivity contribution >= 4 is 22.2 Å². The third kappa shape index (κ3) is 1.32. The van der Waals surface area contributed by atoms with Crippen molar-refractivity contribution in [1.29, 1.82) is 0 Å². The summed E-state index contributed by atoms with van der Waals surface area (Å²) in [5.41, 5.74) is -0.768. The molecule has 0 spiro atoms. The summed E-state index contributed by atoms with van der Waals surface area (Å²) in [6.45, 7) is 0. The quantitative estimate of drug-likeness (QED) is 0.760. The molecule has 0 aromatic heterocycles. The second-order valence-electron chi connectivity index (χ2n) is 2.03. The van der Waals surface area contributed by atoms with Crippen LogP contribution in [0.2, 0.25) is 0 Å². The van der Waals surface area contributed by atoms with Crippen LogP contribution in [0.1, 0.15) is 10.4 Å². The Balaban J connectivity index is 3.51. The molecule has 0 atom stereocenters. The number of aromatic hydroxyl groups is 1. The summed E-state index contributed by atoms with van der Waals surface area (Å²) in [4.78, 5) is 10.1. The molecule has 1 aromatic rings. The minimum absolute atomic E-state index is 0.0107. The summed E-state index contributed by atoms with van der Waals surface area (Å²) in [5, 5.41) is 8.90. The molecule has 0 amide bonds. The lowest BCUT2D eigenvalue weighted by molar-refractivity contribution is 0.111. The highest BCUT2D eigenvalue weighted by Crippen LogP contribution is 2.30. The zero-order valence-electron chi connectivity index (χ0n) is 5.64. The summed E-state index contributed by atoms with van der Waals surface area (Å²) in [6.07, 6.45) is 0.0107. The molecule has 0 heterocycles. The first-order chi connectivity index (χ1) is 5.57. The van der Waals surface area contributed by atoms with E-state index in [-0.39, 0.29) is 10.8 Å². The largest absolute Gasteiger partial charge is 0.504 e. The van der Waals surface area contributed by atoms with E-state index in [0.29, 0.717) is 0 Å². The van der Waals surface area contributed by atoms with Gasteiger partial charge in [-0.05, 0) is 22.0 Å². The van der Waals surface area contributed by atoms with Crippen LogP contribution in [-0.4, -0.2) is 11.4 Å². The van der Waals surface area contributed by atoms with Crippen LogP contribution in [0, 0.1) is 11.6 Å². The standard InChI is InChI=1S/C7H3BrF2O2/c8-4-1-5(9)3(2-11)6(10)7(4)12/h1-2,12H. The molecule has 0 aliphatic rings. The number of phenols is 1. The number of aldehydes is 1. The maximum Gasteiger partial charge on any atom is 0.179 e. The number of halogens is 3. The molecule has 0 radical (unpaired) electrons. The zero-order valence-corrected chi connectivity index (χ0v) is 7.23. The lowest BCUT2D eigenvalue weighted by Crippen LogP contribution is -1.94. The molecule has 5 heteroatoms. The van der Waals surface area contributed by atoms with E-state index < -0.39 is 22.9 Å². The van der Waals surface area contributed by atoms with Gasteiger partial charge in [-0.3, -0.25) is 4.79 Å². The van der Waals surface area contributed by atoms with E-state index in [1.165, 1.54) is 0 Å². The van der Waals surface area contributed by atoms with Gasteiger partial charge in [-0.1, -0.05) is 0 Å². The first-order valence-corrected chi connectivity index (χ1v) is 3.69. The van der Waals surface area contributed by atoms with Crippen molar-refractivity contribution in [3.05, 3.63) is 27.7 Å². The smallest absolute Gasteiger partial charge is 0.179 e. The number of carbonyl (C=O) groups is 1. The van der Waals surface area contributed by atoms with Gasteiger partial charge in [0.15, 0.2) is 17.9 Å². The Labute approximate surface area is 75.0 Å². The number of carbonyl (C=O) groups excluding carboxylic acids is 1. The van der Waals surface area contributed by atoms with Crippen LogP contribution in [0.4, 0.5) is 8.78 Å². The topological polar surface area (TPSA) is 37.3 Å². The number of benzene rings is 1. The fourth-order valence-corrected chi connectivity index (χ4v) is 1.08. The third-order valence-corrected chi connectivity index (χ3v) is 1.90. The second kappa shape index (κ2) is 3.18. The van der Waals surface area contributed by atoms with Crippen molar-refractivity contribution in [1.82, 2.24) is 0 Å². The van der Waals surface area contributed by atoms with E-state index in [1.54, 1.807) is 0 Å². The fourth-order valence-electron chi connectivity index (χ4n) is 0.703. The normalized spacial score (nSPS) is 9.92. The minimum Gasteiger partial charge on any atom is -0.504 e. The Morgan fingerprint density at radius 2 is 2.08 bits per heavy atom. The number of rotatable bonds is 1. The lowest BCUT2D eigenvalue weighted by Gasteiger charge is -2.01. The molecule has 0 saturated heterocycles. The first kappa shape index (κ1) is 9.12. The highest BCUT2D eigenvalue weighted by molar-refractivity contribution is 9.10. The Morgan fingerprint density at radius 1 is 1.50 bits per heavy atom. The van der Waals surface area contributed by atoms with Crippen LogP contribution in [-0.2, 0) is 0 Å². The van der Waals surface area contributed by atoms with Gasteiger partial charge in [0.05, 0.1) is 10.0 Å². The van der Waals surface area contributed by atoms with Crippen molar-refractivity contribution in [2.24, 2.45) is 0 Å². The molecule has 1 aromatic carbocycles. The first-order valence-electron chi connectivity index (χ1n) is 2.89. The summed E-state index contributed by atoms with van der Waals surface area (Å²) >= 11 is 2.71. The molecule has 0 aliphatic heterocycles. The molecule has 1 N–H and O–H groups in total. The SMILES string of the molecule is O=Cc1c(F)cc(Br)c(O)c1F. The Kier molecular flexibility index (Phi) is 2.42. The van der Waals surface area contributed by atoms with Gasteiger partial charge in [0, 0.05) is 0 Å². The van der Waals surface area contributed by atoms with Crippen molar-refractivity contribution in [2.45, 2.75) is 0 Å². The van der Waals surface area contributed by atoms with Crippen molar-refractivity contribution in [3.63, 3.8) is 0 Å². The average Bonchev–Trinajstić information content (AvgIpc) is 2.01. The minimum atomic E-state index is -1.25. The molecule has 64 valence electrons. The summed E-state index contributed by atoms with van der Waals surface area (Å²) < 4.78 is 25.3. The number of hydrogen-bond donors (Lipinski definition) is 1. The zero-order chi connectivity index (χ0) is 9.30. The summed E-state index contributed by atoms with van der Waals surface area (Å²) in [6, 6.07) is 0.822. The van der Waals surface area contributed by atoms with Crippen LogP contribution in [0.25, 0.3) is 0 Å². The van der Waals surface area contributed by atoms with E-state index in [4.69, 9.17) is 5.11 Å². The van der Waals surface area contributed by atoms with Crippen LogP contribution < -0.4 is 0 Å². The highest BCUT2D eigenvalue weighted by Gasteiger charge is 2.15. The Bertz CT molecular complexity index is 339. The van der Waals surface area contributed by atoms with Crippen LogP contribution in [0.15, 0.2) is 10.5 Å². The van der Waals surface area contributed by atoms with Crippen molar-refractivity contribution in [3.8, 4) is 5.75 Å². The molecular weight excluding hydrogens is 234 g/mol. The van der Waals surface area contributed by atoms with Gasteiger partial charge in [0.25, 0.3) is 0 Å². The van der Waals surface area contributed by atoms with Crippen LogP contribution >= 0.6 is 15.9 Å². The van der Waals surface area contributed by atoms with Gasteiger partial charge in [0.1, 0.15) is 5.82 Å². The van der Waals surface area contributed by atoms with Crippen molar-refractivity contribution in [2.75, 3.05) is 0 Å². The Hall–Kier alpha value is -0.970. The predicted octanol–water partition coefficient (Wildman–Crippen LogP) is 2.25. The fraction of sp³-hybridized carbons (Fsp3) is 0. The van der Waals surface area contributed by atoms with Gasteiger partial charge in [-0.25, -0.2) is 8.78 Å². The Morgan fingerprint density at radius 3 is 2.58 bits per heavy atom. The summed E-state index contributed by atoms with van der Waals surface area (Å²) in [5.74, 6) is -3.03. The van der Waals surface area contributed by atoms with E-state index in [1.807, 2.05) is 0 Å². The van der Waals surface area contributed by atoms with Gasteiger partial charge in [-0.2, -0.15) is 0 Å². The number of hydrogen-bond acceptors (Lipinski definition) is 2. The maximum atomic E-state index is 12.8. The van der Waals surface area contributed by atoms with Crippen molar-refractivity contribution < 1.29 is 18.7 Å². The molecule has 0 fully saturated rings. The average molecular weight is 237 g/mol. The molecule has 1 rings (SSSR count). The van der Waals surface area contributed by atoms with Crippen LogP contribution in [0.3, 0.4) is 0 Å². The predicted molar refractivity (Wildman–Crippen MR) is 41.1 cm³/mol. The molecular formula is C7H3BrF2O2. The van der Waals surface area contributed by atoms with E-state index >= 15 is 0 Å². The maximum absolute atomic E-state index is 12.8. The van der Waals surface area contributed by atoms with Gasteiger partial charge in [-0.15, -0.1) is 0 Å². The summed E-state index contributed by atoms with van der Waals surface area (Å²) in [7, 11) is 0. The van der Waals surface area contributed by atoms with Gasteiger partial charge >= 0.3 is 0 Å². The molecule has 0 bridgehead atoms. The molecule has 0 unspecified atom stereocenters. The molecule has 0 aliphatic carbocycles. The number of phenolic OH excluding ortho intramolecular Hbond substituents is 1. The lowest BCUT2D eigenvalue weighted by atomic mass is 10.2. The second-order valence-corrected chi connectivity index (χ2v) is 2.89. The third-order valence-electron chi connectivity index (χ3n) is 1.30. The van der Waals surface area contributed by atoms with Gasteiger partial charge in [0.2, 0.25) is 0 Å². The monoisotopic (exact) mass is 236 g/mol. The van der Waals surface area contributed by atoms with E-state index in [2.05, 4.69) is 15.9 Å². The molecule has 2 nitrogen and oxygen atoms in total. The van der Waals surface area contributed by atoms with Crippen LogP contribution in [0.5, 0.6) is 5.75 Å². The highest BCUT2D eigenvalue weighted by atomic mass is 79.9. The molecule has 12 heavy (non-hydrogen) atoms.